The second kappa shape index (κ2) is 8.17. The first-order chi connectivity index (χ1) is 9.06. The van der Waals surface area contributed by atoms with Crippen molar-refractivity contribution in [3.05, 3.63) is 28.2 Å². The maximum Gasteiger partial charge on any atom is 0.306 e. The van der Waals surface area contributed by atoms with E-state index in [-0.39, 0.29) is 5.97 Å². The summed E-state index contributed by atoms with van der Waals surface area (Å²) in [5.74, 6) is 0.719. The van der Waals surface area contributed by atoms with Crippen LogP contribution in [-0.2, 0) is 16.0 Å². The molecule has 0 atom stereocenters. The minimum atomic E-state index is -0.174. The number of carbonyl (C=O) groups is 1. The third kappa shape index (κ3) is 5.61. The summed E-state index contributed by atoms with van der Waals surface area (Å²) in [6, 6.07) is 5.98. The molecule has 0 heterocycles. The molecule has 0 saturated heterocycles. The summed E-state index contributed by atoms with van der Waals surface area (Å²) in [6.07, 6.45) is 1.29. The number of rotatable bonds is 7. The highest BCUT2D eigenvalue weighted by Crippen LogP contribution is 2.23. The molecule has 0 spiro atoms. The molecule has 106 valence electrons. The molecule has 0 bridgehead atoms. The topological polar surface area (TPSA) is 38.8 Å². The van der Waals surface area contributed by atoms with Gasteiger partial charge in [0.25, 0.3) is 0 Å². The molecule has 0 N–H and O–H groups in total. The molecule has 0 fully saturated rings. The van der Waals surface area contributed by atoms with Gasteiger partial charge in [0, 0.05) is 17.6 Å². The molecule has 5 heteroatoms. The lowest BCUT2D eigenvalue weighted by atomic mass is 10.1. The highest BCUT2D eigenvalue weighted by atomic mass is 79.9. The fourth-order valence-corrected chi connectivity index (χ4v) is 2.16. The zero-order valence-corrected chi connectivity index (χ0v) is 13.2. The van der Waals surface area contributed by atoms with E-state index in [1.165, 1.54) is 7.11 Å². The molecular weight excluding hydrogens is 310 g/mol. The number of likely N-dealkylation sites (N-methyl/N-ethyl adjacent to an activating group) is 1. The molecule has 0 amide bonds. The largest absolute Gasteiger partial charge is 0.496 e. The van der Waals surface area contributed by atoms with Crippen molar-refractivity contribution in [1.82, 2.24) is 4.90 Å². The van der Waals surface area contributed by atoms with Gasteiger partial charge in [0.15, 0.2) is 0 Å². The Morgan fingerprint density at radius 3 is 2.68 bits per heavy atom. The van der Waals surface area contributed by atoms with Gasteiger partial charge in [0.1, 0.15) is 5.75 Å². The van der Waals surface area contributed by atoms with Crippen molar-refractivity contribution in [1.29, 1.82) is 0 Å². The highest BCUT2D eigenvalue weighted by Gasteiger charge is 2.07. The van der Waals surface area contributed by atoms with E-state index in [0.29, 0.717) is 13.0 Å². The van der Waals surface area contributed by atoms with Gasteiger partial charge in [0.2, 0.25) is 0 Å². The maximum absolute atomic E-state index is 11.1. The minimum absolute atomic E-state index is 0.174. The average molecular weight is 330 g/mol. The number of benzene rings is 1. The number of esters is 1. The summed E-state index contributed by atoms with van der Waals surface area (Å²) in [4.78, 5) is 13.2. The standard InChI is InChI=1S/C14H20BrNO3/c1-16(9-7-14(17)19-3)8-6-11-10-12(15)4-5-13(11)18-2/h4-5,10H,6-9H2,1-3H3. The van der Waals surface area contributed by atoms with E-state index in [2.05, 4.69) is 31.6 Å². The molecule has 0 saturated carbocycles. The van der Waals surface area contributed by atoms with E-state index in [1.54, 1.807) is 7.11 Å². The van der Waals surface area contributed by atoms with Gasteiger partial charge < -0.3 is 14.4 Å². The van der Waals surface area contributed by atoms with Crippen LogP contribution in [0, 0.1) is 0 Å². The van der Waals surface area contributed by atoms with Crippen LogP contribution in [-0.4, -0.2) is 45.2 Å². The maximum atomic E-state index is 11.1. The molecule has 0 radical (unpaired) electrons. The molecule has 0 aliphatic rings. The summed E-state index contributed by atoms with van der Waals surface area (Å²) >= 11 is 3.46. The van der Waals surface area contributed by atoms with E-state index in [0.717, 1.165) is 28.8 Å². The van der Waals surface area contributed by atoms with Crippen LogP contribution >= 0.6 is 15.9 Å². The average Bonchev–Trinajstić information content (AvgIpc) is 2.42. The Balaban J connectivity index is 2.47. The molecular formula is C14H20BrNO3. The first-order valence-corrected chi connectivity index (χ1v) is 6.94. The van der Waals surface area contributed by atoms with Gasteiger partial charge in [-0.25, -0.2) is 0 Å². The number of methoxy groups -OCH3 is 2. The fourth-order valence-electron chi connectivity index (χ4n) is 1.75. The molecule has 1 rings (SSSR count). The van der Waals surface area contributed by atoms with Crippen molar-refractivity contribution in [2.45, 2.75) is 12.8 Å². The predicted molar refractivity (Wildman–Crippen MR) is 78.5 cm³/mol. The fraction of sp³-hybridized carbons (Fsp3) is 0.500. The first-order valence-electron chi connectivity index (χ1n) is 6.14. The van der Waals surface area contributed by atoms with E-state index in [4.69, 9.17) is 4.74 Å². The Morgan fingerprint density at radius 1 is 1.32 bits per heavy atom. The lowest BCUT2D eigenvalue weighted by Gasteiger charge is -2.17. The smallest absolute Gasteiger partial charge is 0.306 e. The lowest BCUT2D eigenvalue weighted by Crippen LogP contribution is -2.24. The molecule has 4 nitrogen and oxygen atoms in total. The third-order valence-electron chi connectivity index (χ3n) is 2.93. The van der Waals surface area contributed by atoms with Crippen LogP contribution in [0.25, 0.3) is 0 Å². The Hall–Kier alpha value is -1.07. The van der Waals surface area contributed by atoms with E-state index < -0.39 is 0 Å². The third-order valence-corrected chi connectivity index (χ3v) is 3.42. The molecule has 19 heavy (non-hydrogen) atoms. The van der Waals surface area contributed by atoms with Crippen molar-refractivity contribution in [3.63, 3.8) is 0 Å². The monoisotopic (exact) mass is 329 g/mol. The molecule has 0 aliphatic heterocycles. The summed E-state index contributed by atoms with van der Waals surface area (Å²) in [6.45, 7) is 1.56. The van der Waals surface area contributed by atoms with Crippen molar-refractivity contribution in [3.8, 4) is 5.75 Å². The highest BCUT2D eigenvalue weighted by molar-refractivity contribution is 9.10. The number of ether oxygens (including phenoxy) is 2. The van der Waals surface area contributed by atoms with Crippen molar-refractivity contribution in [2.75, 3.05) is 34.4 Å². The number of nitrogens with zero attached hydrogens (tertiary/aromatic N) is 1. The summed E-state index contributed by atoms with van der Waals surface area (Å²) in [5.41, 5.74) is 1.15. The van der Waals surface area contributed by atoms with Crippen LogP contribution in [0.2, 0.25) is 0 Å². The van der Waals surface area contributed by atoms with Crippen LogP contribution in [0.3, 0.4) is 0 Å². The van der Waals surface area contributed by atoms with E-state index in [1.807, 2.05) is 19.2 Å². The molecule has 1 aromatic carbocycles. The predicted octanol–water partition coefficient (Wildman–Crippen LogP) is 2.50. The molecule has 0 aromatic heterocycles. The van der Waals surface area contributed by atoms with Crippen LogP contribution in [0.5, 0.6) is 5.75 Å². The number of halogens is 1. The van der Waals surface area contributed by atoms with Gasteiger partial charge in [-0.1, -0.05) is 15.9 Å². The second-order valence-corrected chi connectivity index (χ2v) is 5.25. The zero-order chi connectivity index (χ0) is 14.3. The van der Waals surface area contributed by atoms with Gasteiger partial charge in [-0.05, 0) is 37.2 Å². The number of hydrogen-bond donors (Lipinski definition) is 0. The summed E-state index contributed by atoms with van der Waals surface area (Å²) in [5, 5.41) is 0. The van der Waals surface area contributed by atoms with Gasteiger partial charge in [-0.15, -0.1) is 0 Å². The van der Waals surface area contributed by atoms with Crippen LogP contribution in [0.4, 0.5) is 0 Å². The van der Waals surface area contributed by atoms with Gasteiger partial charge in [0.05, 0.1) is 20.6 Å². The van der Waals surface area contributed by atoms with Crippen LogP contribution in [0.1, 0.15) is 12.0 Å². The number of carbonyl (C=O) groups excluding carboxylic acids is 1. The molecule has 1 aromatic rings. The molecule has 0 aliphatic carbocycles. The van der Waals surface area contributed by atoms with E-state index >= 15 is 0 Å². The Kier molecular flexibility index (Phi) is 6.87. The van der Waals surface area contributed by atoms with Crippen molar-refractivity contribution in [2.24, 2.45) is 0 Å². The second-order valence-electron chi connectivity index (χ2n) is 4.34. The Morgan fingerprint density at radius 2 is 2.05 bits per heavy atom. The van der Waals surface area contributed by atoms with E-state index in [9.17, 15) is 4.79 Å². The normalized spacial score (nSPS) is 10.6. The molecule has 0 unspecified atom stereocenters. The SMILES string of the molecule is COC(=O)CCN(C)CCc1cc(Br)ccc1OC. The lowest BCUT2D eigenvalue weighted by molar-refractivity contribution is -0.140. The van der Waals surface area contributed by atoms with Crippen LogP contribution in [0.15, 0.2) is 22.7 Å². The summed E-state index contributed by atoms with van der Waals surface area (Å²) in [7, 11) is 5.08. The summed E-state index contributed by atoms with van der Waals surface area (Å²) < 4.78 is 11.0. The Labute approximate surface area is 122 Å². The Bertz CT molecular complexity index is 423. The minimum Gasteiger partial charge on any atom is -0.496 e. The van der Waals surface area contributed by atoms with Gasteiger partial charge in [-0.2, -0.15) is 0 Å². The van der Waals surface area contributed by atoms with Gasteiger partial charge in [-0.3, -0.25) is 4.79 Å². The van der Waals surface area contributed by atoms with Crippen molar-refractivity contribution < 1.29 is 14.3 Å². The quantitative estimate of drug-likeness (QED) is 0.720. The number of hydrogen-bond acceptors (Lipinski definition) is 4. The first kappa shape index (κ1) is 16.0. The van der Waals surface area contributed by atoms with Gasteiger partial charge >= 0.3 is 5.97 Å². The van der Waals surface area contributed by atoms with Crippen LogP contribution < -0.4 is 4.74 Å². The zero-order valence-electron chi connectivity index (χ0n) is 11.6. The van der Waals surface area contributed by atoms with Crippen molar-refractivity contribution >= 4 is 21.9 Å².